The molecule has 1 N–H and O–H groups in total. The van der Waals surface area contributed by atoms with E-state index in [2.05, 4.69) is 19.2 Å². The van der Waals surface area contributed by atoms with Gasteiger partial charge in [-0.05, 0) is 39.7 Å². The Morgan fingerprint density at radius 2 is 1.47 bits per heavy atom. The first-order chi connectivity index (χ1) is 7.07. The molecule has 1 nitrogen and oxygen atoms in total. The van der Waals surface area contributed by atoms with Crippen LogP contribution in [0.4, 0.5) is 4.39 Å². The zero-order chi connectivity index (χ0) is 11.7. The average Bonchev–Trinajstić information content (AvgIpc) is 2.21. The molecule has 0 fully saturated rings. The van der Waals surface area contributed by atoms with Crippen molar-refractivity contribution in [3.63, 3.8) is 0 Å². The zero-order valence-electron chi connectivity index (χ0n) is 10.9. The van der Waals surface area contributed by atoms with Crippen LogP contribution < -0.4 is 5.32 Å². The Morgan fingerprint density at radius 1 is 0.933 bits per heavy atom. The summed E-state index contributed by atoms with van der Waals surface area (Å²) in [5.74, 6) is 0.745. The van der Waals surface area contributed by atoms with Crippen molar-refractivity contribution < 1.29 is 4.39 Å². The minimum Gasteiger partial charge on any atom is -0.317 e. The van der Waals surface area contributed by atoms with E-state index < -0.39 is 6.17 Å². The smallest absolute Gasteiger partial charge is 0.0973 e. The average molecular weight is 217 g/mol. The van der Waals surface area contributed by atoms with Gasteiger partial charge in [0.25, 0.3) is 0 Å². The molecule has 3 unspecified atom stereocenters. The van der Waals surface area contributed by atoms with Gasteiger partial charge in [0.15, 0.2) is 0 Å². The lowest BCUT2D eigenvalue weighted by Gasteiger charge is -2.18. The van der Waals surface area contributed by atoms with E-state index in [1.165, 1.54) is 25.7 Å². The molecule has 2 heteroatoms. The first kappa shape index (κ1) is 14.9. The Morgan fingerprint density at radius 3 is 1.93 bits per heavy atom. The van der Waals surface area contributed by atoms with Gasteiger partial charge in [0.05, 0.1) is 6.17 Å². The van der Waals surface area contributed by atoms with Crippen LogP contribution in [0.2, 0.25) is 0 Å². The third-order valence-electron chi connectivity index (χ3n) is 3.32. The van der Waals surface area contributed by atoms with Crippen molar-refractivity contribution in [1.82, 2.24) is 5.32 Å². The van der Waals surface area contributed by atoms with E-state index in [1.807, 2.05) is 7.05 Å². The first-order valence-corrected chi connectivity index (χ1v) is 6.39. The molecule has 0 rings (SSSR count). The van der Waals surface area contributed by atoms with Gasteiger partial charge in [-0.25, -0.2) is 4.39 Å². The molecule has 0 aromatic rings. The standard InChI is InChI=1S/C13H28FN/c1-11(13(3)15-4)9-7-5-6-8-10-12(2)14/h11-13,15H,5-10H2,1-4H3. The monoisotopic (exact) mass is 217 g/mol. The topological polar surface area (TPSA) is 12.0 Å². The van der Waals surface area contributed by atoms with Gasteiger partial charge in [0, 0.05) is 6.04 Å². The Balaban J connectivity index is 3.23. The summed E-state index contributed by atoms with van der Waals surface area (Å²) in [6.07, 6.45) is 6.19. The Hall–Kier alpha value is -0.110. The lowest BCUT2D eigenvalue weighted by Crippen LogP contribution is -2.28. The molecule has 0 bridgehead atoms. The largest absolute Gasteiger partial charge is 0.317 e. The van der Waals surface area contributed by atoms with Crippen LogP contribution >= 0.6 is 0 Å². The van der Waals surface area contributed by atoms with E-state index in [4.69, 9.17) is 0 Å². The third-order valence-corrected chi connectivity index (χ3v) is 3.32. The minimum atomic E-state index is -0.617. The van der Waals surface area contributed by atoms with Gasteiger partial charge in [-0.3, -0.25) is 0 Å². The summed E-state index contributed by atoms with van der Waals surface area (Å²) in [6, 6.07) is 0.607. The molecular formula is C13H28FN. The molecule has 0 saturated heterocycles. The quantitative estimate of drug-likeness (QED) is 0.577. The van der Waals surface area contributed by atoms with Crippen LogP contribution in [0, 0.1) is 5.92 Å². The van der Waals surface area contributed by atoms with Crippen molar-refractivity contribution in [3.8, 4) is 0 Å². The summed E-state index contributed by atoms with van der Waals surface area (Å²) in [7, 11) is 2.02. The van der Waals surface area contributed by atoms with Crippen LogP contribution in [0.15, 0.2) is 0 Å². The summed E-state index contributed by atoms with van der Waals surface area (Å²) >= 11 is 0. The summed E-state index contributed by atoms with van der Waals surface area (Å²) in [5, 5.41) is 3.28. The molecule has 0 radical (unpaired) electrons. The second-order valence-electron chi connectivity index (χ2n) is 4.83. The van der Waals surface area contributed by atoms with E-state index in [9.17, 15) is 4.39 Å². The maximum Gasteiger partial charge on any atom is 0.0973 e. The number of rotatable bonds is 9. The van der Waals surface area contributed by atoms with Gasteiger partial charge < -0.3 is 5.32 Å². The normalized spacial score (nSPS) is 17.4. The summed E-state index contributed by atoms with van der Waals surface area (Å²) < 4.78 is 12.5. The molecule has 0 aromatic carbocycles. The number of unbranched alkanes of at least 4 members (excludes halogenated alkanes) is 3. The van der Waals surface area contributed by atoms with Crippen molar-refractivity contribution in [2.75, 3.05) is 7.05 Å². The molecule has 0 aromatic heterocycles. The number of alkyl halides is 1. The Labute approximate surface area is 94.8 Å². The fourth-order valence-corrected chi connectivity index (χ4v) is 1.78. The molecule has 0 aliphatic heterocycles. The molecule has 3 atom stereocenters. The summed E-state index contributed by atoms with van der Waals surface area (Å²) in [6.45, 7) is 6.18. The second-order valence-corrected chi connectivity index (χ2v) is 4.83. The van der Waals surface area contributed by atoms with Crippen molar-refractivity contribution >= 4 is 0 Å². The fraction of sp³-hybridized carbons (Fsp3) is 1.00. The summed E-state index contributed by atoms with van der Waals surface area (Å²) in [5.41, 5.74) is 0. The molecule has 0 aliphatic rings. The lowest BCUT2D eigenvalue weighted by atomic mass is 9.96. The number of hydrogen-bond acceptors (Lipinski definition) is 1. The predicted octanol–water partition coefficient (Wildman–Crippen LogP) is 3.93. The molecule has 0 amide bonds. The van der Waals surface area contributed by atoms with Crippen LogP contribution in [0.3, 0.4) is 0 Å². The lowest BCUT2D eigenvalue weighted by molar-refractivity contribution is 0.327. The van der Waals surface area contributed by atoms with Gasteiger partial charge in [0.2, 0.25) is 0 Å². The highest BCUT2D eigenvalue weighted by Crippen LogP contribution is 2.15. The molecule has 0 saturated carbocycles. The Kier molecular flexibility index (Phi) is 9.07. The number of hydrogen-bond donors (Lipinski definition) is 1. The highest BCUT2D eigenvalue weighted by Gasteiger charge is 2.08. The SMILES string of the molecule is CNC(C)C(C)CCCCCCC(C)F. The van der Waals surface area contributed by atoms with Crippen LogP contribution in [0.1, 0.15) is 59.3 Å². The second kappa shape index (κ2) is 9.14. The van der Waals surface area contributed by atoms with E-state index in [0.29, 0.717) is 6.04 Å². The van der Waals surface area contributed by atoms with Crippen LogP contribution in [0.5, 0.6) is 0 Å². The van der Waals surface area contributed by atoms with Gasteiger partial charge in [-0.2, -0.15) is 0 Å². The Bertz CT molecular complexity index is 136. The van der Waals surface area contributed by atoms with E-state index >= 15 is 0 Å². The predicted molar refractivity (Wildman–Crippen MR) is 66.0 cm³/mol. The van der Waals surface area contributed by atoms with Gasteiger partial charge in [-0.1, -0.05) is 32.6 Å². The molecule has 15 heavy (non-hydrogen) atoms. The molecule has 92 valence electrons. The highest BCUT2D eigenvalue weighted by molar-refractivity contribution is 4.66. The van der Waals surface area contributed by atoms with E-state index in [-0.39, 0.29) is 0 Å². The maximum atomic E-state index is 12.5. The van der Waals surface area contributed by atoms with E-state index in [0.717, 1.165) is 18.8 Å². The molecule has 0 spiro atoms. The van der Waals surface area contributed by atoms with Gasteiger partial charge in [-0.15, -0.1) is 0 Å². The number of halogens is 1. The number of nitrogens with one attached hydrogen (secondary N) is 1. The van der Waals surface area contributed by atoms with Crippen molar-refractivity contribution in [2.45, 2.75) is 71.5 Å². The van der Waals surface area contributed by atoms with Gasteiger partial charge in [0.1, 0.15) is 0 Å². The molecular weight excluding hydrogens is 189 g/mol. The van der Waals surface area contributed by atoms with Crippen LogP contribution in [-0.4, -0.2) is 19.3 Å². The van der Waals surface area contributed by atoms with Crippen molar-refractivity contribution in [2.24, 2.45) is 5.92 Å². The zero-order valence-corrected chi connectivity index (χ0v) is 10.9. The highest BCUT2D eigenvalue weighted by atomic mass is 19.1. The van der Waals surface area contributed by atoms with Gasteiger partial charge >= 0.3 is 0 Å². The minimum absolute atomic E-state index is 0.607. The van der Waals surface area contributed by atoms with Crippen molar-refractivity contribution in [3.05, 3.63) is 0 Å². The van der Waals surface area contributed by atoms with E-state index in [1.54, 1.807) is 6.92 Å². The third kappa shape index (κ3) is 8.86. The van der Waals surface area contributed by atoms with Crippen LogP contribution in [0.25, 0.3) is 0 Å². The van der Waals surface area contributed by atoms with Crippen molar-refractivity contribution in [1.29, 1.82) is 0 Å². The first-order valence-electron chi connectivity index (χ1n) is 6.39. The molecule has 0 aliphatic carbocycles. The summed E-state index contributed by atoms with van der Waals surface area (Å²) in [4.78, 5) is 0. The van der Waals surface area contributed by atoms with Crippen LogP contribution in [-0.2, 0) is 0 Å². The fourth-order valence-electron chi connectivity index (χ4n) is 1.78. The maximum absolute atomic E-state index is 12.5. The molecule has 0 heterocycles.